The summed E-state index contributed by atoms with van der Waals surface area (Å²) in [6.45, 7) is 2.80. The van der Waals surface area contributed by atoms with Gasteiger partial charge in [0.1, 0.15) is 5.75 Å². The fraction of sp³-hybridized carbons (Fsp3) is 0.524. The van der Waals surface area contributed by atoms with Crippen LogP contribution in [-0.2, 0) is 11.2 Å². The van der Waals surface area contributed by atoms with Crippen molar-refractivity contribution in [1.29, 1.82) is 0 Å². The summed E-state index contributed by atoms with van der Waals surface area (Å²) in [5.41, 5.74) is 0.949. The van der Waals surface area contributed by atoms with Crippen molar-refractivity contribution in [3.63, 3.8) is 0 Å². The average molecular weight is 444 g/mol. The monoisotopic (exact) mass is 443 g/mol. The number of benzene rings is 1. The Labute approximate surface area is 185 Å². The molecule has 1 N–H and O–H groups in total. The van der Waals surface area contributed by atoms with Gasteiger partial charge in [0, 0.05) is 31.5 Å². The number of carbonyl (C=O) groups is 1. The molecule has 0 atom stereocenters. The van der Waals surface area contributed by atoms with E-state index in [0.29, 0.717) is 24.5 Å². The maximum Gasteiger partial charge on any atom is 0.223 e. The second-order valence-electron chi connectivity index (χ2n) is 7.06. The van der Waals surface area contributed by atoms with E-state index in [-0.39, 0.29) is 30.7 Å². The normalized spacial score (nSPS) is 14.1. The van der Waals surface area contributed by atoms with Crippen molar-refractivity contribution in [2.24, 2.45) is 5.92 Å². The number of ether oxygens (including phenoxy) is 1. The van der Waals surface area contributed by atoms with Crippen LogP contribution in [0.3, 0.4) is 0 Å². The molecule has 1 aromatic heterocycles. The molecule has 3 rings (SSSR count). The summed E-state index contributed by atoms with van der Waals surface area (Å²) in [5, 5.41) is 3.20. The summed E-state index contributed by atoms with van der Waals surface area (Å²) < 4.78 is 11.0. The van der Waals surface area contributed by atoms with Crippen molar-refractivity contribution in [3.05, 3.63) is 36.4 Å². The molecule has 0 bridgehead atoms. The Bertz CT molecular complexity index is 729. The summed E-state index contributed by atoms with van der Waals surface area (Å²) >= 11 is 0. The topological polar surface area (TPSA) is 67.6 Å². The highest BCUT2D eigenvalue weighted by Crippen LogP contribution is 2.24. The van der Waals surface area contributed by atoms with Crippen LogP contribution in [0, 0.1) is 5.92 Å². The number of hydrogen-bond acceptors (Lipinski definition) is 5. The molecule has 0 saturated carbocycles. The quantitative estimate of drug-likeness (QED) is 0.667. The number of hydrogen-bond donors (Lipinski definition) is 1. The highest BCUT2D eigenvalue weighted by molar-refractivity contribution is 5.85. The largest absolute Gasteiger partial charge is 0.497 e. The summed E-state index contributed by atoms with van der Waals surface area (Å²) in [6, 6.07) is 7.65. The van der Waals surface area contributed by atoms with E-state index < -0.39 is 0 Å². The van der Waals surface area contributed by atoms with Gasteiger partial charge in [-0.2, -0.15) is 0 Å². The van der Waals surface area contributed by atoms with Gasteiger partial charge >= 0.3 is 0 Å². The molecule has 1 fully saturated rings. The maximum absolute atomic E-state index is 12.5. The lowest BCUT2D eigenvalue weighted by Gasteiger charge is -2.32. The summed E-state index contributed by atoms with van der Waals surface area (Å²) in [5.74, 6) is 3.06. The number of carbonyl (C=O) groups excluding carboxylic acids is 1. The molecule has 2 aromatic rings. The standard InChI is InChI=1S/C21H29N3O3.2ClH/c1-22-12-9-16-10-13-24(14-11-16)21(25)8-7-20-23-15-19(27-20)17-3-5-18(26-2)6-4-17;;/h3-6,15-16,22H,7-14H2,1-2H3;2*1H. The fourth-order valence-corrected chi connectivity index (χ4v) is 3.51. The summed E-state index contributed by atoms with van der Waals surface area (Å²) in [4.78, 5) is 18.8. The number of rotatable bonds is 8. The predicted molar refractivity (Wildman–Crippen MR) is 119 cm³/mol. The molecule has 0 aliphatic carbocycles. The first-order chi connectivity index (χ1) is 13.2. The number of nitrogens with one attached hydrogen (secondary N) is 1. The van der Waals surface area contributed by atoms with E-state index in [0.717, 1.165) is 49.7 Å². The lowest BCUT2D eigenvalue weighted by atomic mass is 9.93. The van der Waals surface area contributed by atoms with Gasteiger partial charge in [0.25, 0.3) is 0 Å². The van der Waals surface area contributed by atoms with Crippen molar-refractivity contribution < 1.29 is 13.9 Å². The van der Waals surface area contributed by atoms with Crippen LogP contribution < -0.4 is 10.1 Å². The van der Waals surface area contributed by atoms with Crippen molar-refractivity contribution >= 4 is 30.7 Å². The second-order valence-corrected chi connectivity index (χ2v) is 7.06. The zero-order valence-corrected chi connectivity index (χ0v) is 18.7. The van der Waals surface area contributed by atoms with Gasteiger partial charge in [0.15, 0.2) is 11.7 Å². The first-order valence-electron chi connectivity index (χ1n) is 9.71. The molecule has 1 aliphatic rings. The minimum atomic E-state index is 0. The van der Waals surface area contributed by atoms with Crippen molar-refractivity contribution in [1.82, 2.24) is 15.2 Å². The molecule has 8 heteroatoms. The number of aromatic nitrogens is 1. The molecule has 6 nitrogen and oxygen atoms in total. The van der Waals surface area contributed by atoms with Crippen LogP contribution in [0.15, 0.2) is 34.9 Å². The number of amides is 1. The zero-order chi connectivity index (χ0) is 19.1. The van der Waals surface area contributed by atoms with Crippen molar-refractivity contribution in [2.45, 2.75) is 32.1 Å². The van der Waals surface area contributed by atoms with Gasteiger partial charge in [-0.15, -0.1) is 24.8 Å². The SMILES string of the molecule is CNCCC1CCN(C(=O)CCc2ncc(-c3ccc(OC)cc3)o2)CC1.Cl.Cl. The van der Waals surface area contributed by atoms with Gasteiger partial charge in [-0.25, -0.2) is 4.98 Å². The van der Waals surface area contributed by atoms with E-state index in [9.17, 15) is 4.79 Å². The molecule has 0 unspecified atom stereocenters. The first kappa shape index (κ1) is 25.3. The Morgan fingerprint density at radius 1 is 1.24 bits per heavy atom. The van der Waals surface area contributed by atoms with E-state index >= 15 is 0 Å². The third-order valence-corrected chi connectivity index (χ3v) is 5.25. The molecular formula is C21H31Cl2N3O3. The van der Waals surface area contributed by atoms with E-state index in [2.05, 4.69) is 10.3 Å². The lowest BCUT2D eigenvalue weighted by molar-refractivity contribution is -0.132. The highest BCUT2D eigenvalue weighted by Gasteiger charge is 2.22. The number of oxazole rings is 1. The van der Waals surface area contributed by atoms with Gasteiger partial charge in [-0.05, 0) is 63.0 Å². The zero-order valence-electron chi connectivity index (χ0n) is 17.1. The van der Waals surface area contributed by atoms with Gasteiger partial charge < -0.3 is 19.4 Å². The Morgan fingerprint density at radius 2 is 1.93 bits per heavy atom. The minimum absolute atomic E-state index is 0. The maximum atomic E-state index is 12.5. The fourth-order valence-electron chi connectivity index (χ4n) is 3.51. The number of nitrogens with zero attached hydrogens (tertiary/aromatic N) is 2. The highest BCUT2D eigenvalue weighted by atomic mass is 35.5. The molecule has 1 saturated heterocycles. The Balaban J connectivity index is 0.00000210. The Hall–Kier alpha value is -1.76. The van der Waals surface area contributed by atoms with E-state index in [1.807, 2.05) is 36.2 Å². The Morgan fingerprint density at radius 3 is 2.55 bits per heavy atom. The summed E-state index contributed by atoms with van der Waals surface area (Å²) in [6.07, 6.45) is 6.11. The van der Waals surface area contributed by atoms with Crippen LogP contribution in [-0.4, -0.2) is 49.6 Å². The van der Waals surface area contributed by atoms with Crippen LogP contribution >= 0.6 is 24.8 Å². The van der Waals surface area contributed by atoms with Crippen LogP contribution in [0.1, 0.15) is 31.6 Å². The molecule has 1 aromatic carbocycles. The van der Waals surface area contributed by atoms with Gasteiger partial charge in [-0.3, -0.25) is 4.79 Å². The third kappa shape index (κ3) is 7.21. The van der Waals surface area contributed by atoms with Gasteiger partial charge in [-0.1, -0.05) is 0 Å². The number of halogens is 2. The van der Waals surface area contributed by atoms with Crippen LogP contribution in [0.5, 0.6) is 5.75 Å². The minimum Gasteiger partial charge on any atom is -0.497 e. The predicted octanol–water partition coefficient (Wildman–Crippen LogP) is 3.97. The molecular weight excluding hydrogens is 413 g/mol. The molecule has 29 heavy (non-hydrogen) atoms. The third-order valence-electron chi connectivity index (χ3n) is 5.25. The second kappa shape index (κ2) is 12.7. The van der Waals surface area contributed by atoms with E-state index in [1.165, 1.54) is 6.42 Å². The molecule has 1 aliphatic heterocycles. The first-order valence-corrected chi connectivity index (χ1v) is 9.71. The van der Waals surface area contributed by atoms with Crippen LogP contribution in [0.4, 0.5) is 0 Å². The Kier molecular flexibility index (Phi) is 11.1. The van der Waals surface area contributed by atoms with Gasteiger partial charge in [0.2, 0.25) is 5.91 Å². The van der Waals surface area contributed by atoms with Crippen LogP contribution in [0.25, 0.3) is 11.3 Å². The summed E-state index contributed by atoms with van der Waals surface area (Å²) in [7, 11) is 3.63. The van der Waals surface area contributed by atoms with Gasteiger partial charge in [0.05, 0.1) is 13.3 Å². The van der Waals surface area contributed by atoms with E-state index in [1.54, 1.807) is 13.3 Å². The van der Waals surface area contributed by atoms with Crippen molar-refractivity contribution in [3.8, 4) is 17.1 Å². The number of aryl methyl sites for hydroxylation is 1. The molecule has 162 valence electrons. The smallest absolute Gasteiger partial charge is 0.223 e. The molecule has 0 spiro atoms. The van der Waals surface area contributed by atoms with Crippen LogP contribution in [0.2, 0.25) is 0 Å². The van der Waals surface area contributed by atoms with Crippen molar-refractivity contribution in [2.75, 3.05) is 33.8 Å². The molecule has 2 heterocycles. The lowest BCUT2D eigenvalue weighted by Crippen LogP contribution is -2.39. The average Bonchev–Trinajstić information content (AvgIpc) is 3.20. The molecule has 0 radical (unpaired) electrons. The number of likely N-dealkylation sites (tertiary alicyclic amines) is 1. The number of piperidine rings is 1. The number of methoxy groups -OCH3 is 1. The molecule has 1 amide bonds. The van der Waals surface area contributed by atoms with E-state index in [4.69, 9.17) is 9.15 Å².